The van der Waals surface area contributed by atoms with Crippen LogP contribution in [0.15, 0.2) is 46.9 Å². The topological polar surface area (TPSA) is 64.3 Å². The summed E-state index contributed by atoms with van der Waals surface area (Å²) in [5.41, 5.74) is 7.31. The van der Waals surface area contributed by atoms with Gasteiger partial charge in [0.15, 0.2) is 0 Å². The van der Waals surface area contributed by atoms with Gasteiger partial charge < -0.3 is 15.8 Å². The van der Waals surface area contributed by atoms with E-state index < -0.39 is 0 Å². The van der Waals surface area contributed by atoms with Crippen molar-refractivity contribution in [3.8, 4) is 5.75 Å². The second-order valence-electron chi connectivity index (χ2n) is 3.89. The summed E-state index contributed by atoms with van der Waals surface area (Å²) in [6.45, 7) is 0. The van der Waals surface area contributed by atoms with Crippen molar-refractivity contribution >= 4 is 33.2 Å². The number of methoxy groups -OCH3 is 1. The standard InChI is InChI=1S/C14H13BrN2O2/c1-19-13-8-9(6-7-11(13)15)17-14(18)10-4-2-3-5-12(10)16/h2-8H,16H2,1H3,(H,17,18). The van der Waals surface area contributed by atoms with E-state index in [-0.39, 0.29) is 5.91 Å². The monoisotopic (exact) mass is 320 g/mol. The molecule has 0 saturated heterocycles. The van der Waals surface area contributed by atoms with Crippen molar-refractivity contribution in [3.63, 3.8) is 0 Å². The fourth-order valence-corrected chi connectivity index (χ4v) is 2.05. The van der Waals surface area contributed by atoms with Gasteiger partial charge in [0.05, 0.1) is 17.1 Å². The molecule has 0 bridgehead atoms. The summed E-state index contributed by atoms with van der Waals surface area (Å²) in [7, 11) is 1.57. The molecule has 1 amide bonds. The molecule has 0 heterocycles. The molecule has 0 fully saturated rings. The SMILES string of the molecule is COc1cc(NC(=O)c2ccccc2N)ccc1Br. The Morgan fingerprint density at radius 3 is 2.68 bits per heavy atom. The fraction of sp³-hybridized carbons (Fsp3) is 0.0714. The van der Waals surface area contributed by atoms with E-state index in [4.69, 9.17) is 10.5 Å². The summed E-state index contributed by atoms with van der Waals surface area (Å²) in [4.78, 5) is 12.1. The molecule has 0 unspecified atom stereocenters. The fourth-order valence-electron chi connectivity index (χ4n) is 1.64. The maximum Gasteiger partial charge on any atom is 0.257 e. The van der Waals surface area contributed by atoms with Crippen molar-refractivity contribution in [2.75, 3.05) is 18.2 Å². The Balaban J connectivity index is 2.22. The van der Waals surface area contributed by atoms with Crippen molar-refractivity contribution in [3.05, 3.63) is 52.5 Å². The number of nitrogens with one attached hydrogen (secondary N) is 1. The average Bonchev–Trinajstić information content (AvgIpc) is 2.41. The van der Waals surface area contributed by atoms with E-state index in [1.165, 1.54) is 0 Å². The van der Waals surface area contributed by atoms with Crippen LogP contribution in [0.3, 0.4) is 0 Å². The van der Waals surface area contributed by atoms with E-state index in [2.05, 4.69) is 21.2 Å². The largest absolute Gasteiger partial charge is 0.495 e. The molecule has 0 aliphatic heterocycles. The number of halogens is 1. The molecule has 2 aromatic rings. The minimum Gasteiger partial charge on any atom is -0.495 e. The Morgan fingerprint density at radius 1 is 1.26 bits per heavy atom. The number of hydrogen-bond donors (Lipinski definition) is 2. The molecule has 0 radical (unpaired) electrons. The number of nitrogens with two attached hydrogens (primary N) is 1. The van der Waals surface area contributed by atoms with Crippen LogP contribution in [0.5, 0.6) is 5.75 Å². The van der Waals surface area contributed by atoms with Crippen LogP contribution in [-0.2, 0) is 0 Å². The van der Waals surface area contributed by atoms with Gasteiger partial charge in [-0.05, 0) is 40.2 Å². The summed E-state index contributed by atoms with van der Waals surface area (Å²) < 4.78 is 6.00. The summed E-state index contributed by atoms with van der Waals surface area (Å²) in [5, 5.41) is 2.78. The number of anilines is 2. The van der Waals surface area contributed by atoms with Crippen LogP contribution in [0, 0.1) is 0 Å². The van der Waals surface area contributed by atoms with Gasteiger partial charge in [-0.2, -0.15) is 0 Å². The van der Waals surface area contributed by atoms with E-state index in [1.807, 2.05) is 6.07 Å². The van der Waals surface area contributed by atoms with Crippen LogP contribution in [0.25, 0.3) is 0 Å². The van der Waals surface area contributed by atoms with Gasteiger partial charge in [-0.25, -0.2) is 0 Å². The summed E-state index contributed by atoms with van der Waals surface area (Å²) in [6.07, 6.45) is 0. The van der Waals surface area contributed by atoms with Gasteiger partial charge in [0.1, 0.15) is 5.75 Å². The molecule has 0 aromatic heterocycles. The average molecular weight is 321 g/mol. The number of ether oxygens (including phenoxy) is 1. The van der Waals surface area contributed by atoms with Crippen LogP contribution in [0.1, 0.15) is 10.4 Å². The van der Waals surface area contributed by atoms with Gasteiger partial charge in [-0.3, -0.25) is 4.79 Å². The van der Waals surface area contributed by atoms with Gasteiger partial charge in [0.2, 0.25) is 0 Å². The van der Waals surface area contributed by atoms with E-state index in [9.17, 15) is 4.79 Å². The number of nitrogen functional groups attached to an aromatic ring is 1. The smallest absolute Gasteiger partial charge is 0.257 e. The maximum atomic E-state index is 12.1. The number of para-hydroxylation sites is 1. The van der Waals surface area contributed by atoms with Crippen molar-refractivity contribution in [2.45, 2.75) is 0 Å². The highest BCUT2D eigenvalue weighted by Gasteiger charge is 2.10. The lowest BCUT2D eigenvalue weighted by Gasteiger charge is -2.09. The Bertz CT molecular complexity index is 614. The van der Waals surface area contributed by atoms with Crippen molar-refractivity contribution < 1.29 is 9.53 Å². The number of rotatable bonds is 3. The quantitative estimate of drug-likeness (QED) is 0.853. The minimum atomic E-state index is -0.248. The Kier molecular flexibility index (Phi) is 4.06. The number of amides is 1. The van der Waals surface area contributed by atoms with E-state index in [1.54, 1.807) is 43.5 Å². The molecule has 19 heavy (non-hydrogen) atoms. The van der Waals surface area contributed by atoms with Gasteiger partial charge in [-0.1, -0.05) is 12.1 Å². The molecule has 2 aromatic carbocycles. The van der Waals surface area contributed by atoms with Crippen LogP contribution < -0.4 is 15.8 Å². The van der Waals surface area contributed by atoms with Crippen molar-refractivity contribution in [2.24, 2.45) is 0 Å². The van der Waals surface area contributed by atoms with Crippen LogP contribution >= 0.6 is 15.9 Å². The number of carbonyl (C=O) groups is 1. The molecule has 0 saturated carbocycles. The number of benzene rings is 2. The molecule has 98 valence electrons. The van der Waals surface area contributed by atoms with Crippen LogP contribution in [0.2, 0.25) is 0 Å². The Labute approximate surface area is 119 Å². The second kappa shape index (κ2) is 5.75. The molecular formula is C14H13BrN2O2. The highest BCUT2D eigenvalue weighted by molar-refractivity contribution is 9.10. The minimum absolute atomic E-state index is 0.248. The zero-order valence-electron chi connectivity index (χ0n) is 10.3. The Hall–Kier alpha value is -2.01. The highest BCUT2D eigenvalue weighted by atomic mass is 79.9. The number of hydrogen-bond acceptors (Lipinski definition) is 3. The molecule has 4 nitrogen and oxygen atoms in total. The zero-order valence-corrected chi connectivity index (χ0v) is 11.9. The van der Waals surface area contributed by atoms with Gasteiger partial charge >= 0.3 is 0 Å². The van der Waals surface area contributed by atoms with Gasteiger partial charge in [0, 0.05) is 17.4 Å². The summed E-state index contributed by atoms with van der Waals surface area (Å²) >= 11 is 3.36. The lowest BCUT2D eigenvalue weighted by Crippen LogP contribution is -2.13. The molecular weight excluding hydrogens is 308 g/mol. The maximum absolute atomic E-state index is 12.1. The predicted molar refractivity (Wildman–Crippen MR) is 79.5 cm³/mol. The van der Waals surface area contributed by atoms with Gasteiger partial charge in [-0.15, -0.1) is 0 Å². The summed E-state index contributed by atoms with van der Waals surface area (Å²) in [6, 6.07) is 12.3. The first-order valence-electron chi connectivity index (χ1n) is 5.61. The molecule has 0 spiro atoms. The molecule has 0 aliphatic rings. The normalized spacial score (nSPS) is 10.0. The second-order valence-corrected chi connectivity index (χ2v) is 4.75. The number of carbonyl (C=O) groups excluding carboxylic acids is 1. The van der Waals surface area contributed by atoms with E-state index in [0.717, 1.165) is 4.47 Å². The van der Waals surface area contributed by atoms with E-state index in [0.29, 0.717) is 22.7 Å². The first-order valence-corrected chi connectivity index (χ1v) is 6.40. The third-order valence-corrected chi connectivity index (χ3v) is 3.27. The molecule has 0 aliphatic carbocycles. The third kappa shape index (κ3) is 3.06. The zero-order chi connectivity index (χ0) is 13.8. The first-order chi connectivity index (χ1) is 9.11. The highest BCUT2D eigenvalue weighted by Crippen LogP contribution is 2.28. The molecule has 2 rings (SSSR count). The molecule has 0 atom stereocenters. The van der Waals surface area contributed by atoms with Crippen molar-refractivity contribution in [1.82, 2.24) is 0 Å². The first kappa shape index (κ1) is 13.4. The third-order valence-electron chi connectivity index (χ3n) is 2.61. The van der Waals surface area contributed by atoms with Crippen LogP contribution in [-0.4, -0.2) is 13.0 Å². The van der Waals surface area contributed by atoms with Crippen LogP contribution in [0.4, 0.5) is 11.4 Å². The lowest BCUT2D eigenvalue weighted by atomic mass is 10.1. The van der Waals surface area contributed by atoms with Crippen molar-refractivity contribution in [1.29, 1.82) is 0 Å². The predicted octanol–water partition coefficient (Wildman–Crippen LogP) is 3.29. The summed E-state index contributed by atoms with van der Waals surface area (Å²) in [5.74, 6) is 0.404. The lowest BCUT2D eigenvalue weighted by molar-refractivity contribution is 0.102. The molecule has 5 heteroatoms. The van der Waals surface area contributed by atoms with E-state index >= 15 is 0 Å². The Morgan fingerprint density at radius 2 is 2.00 bits per heavy atom. The van der Waals surface area contributed by atoms with Gasteiger partial charge in [0.25, 0.3) is 5.91 Å². The molecule has 3 N–H and O–H groups in total.